The van der Waals surface area contributed by atoms with E-state index in [0.29, 0.717) is 11.3 Å². The van der Waals surface area contributed by atoms with Crippen molar-refractivity contribution in [3.8, 4) is 0 Å². The fourth-order valence-electron chi connectivity index (χ4n) is 2.26. The molecule has 3 heteroatoms. The molecule has 0 aliphatic rings. The van der Waals surface area contributed by atoms with Crippen molar-refractivity contribution in [3.05, 3.63) is 78.4 Å². The van der Waals surface area contributed by atoms with Gasteiger partial charge >= 0.3 is 0 Å². The molecule has 0 fully saturated rings. The molecule has 21 heavy (non-hydrogen) atoms. The van der Waals surface area contributed by atoms with Gasteiger partial charge in [0, 0.05) is 5.69 Å². The second kappa shape index (κ2) is 5.77. The summed E-state index contributed by atoms with van der Waals surface area (Å²) in [5, 5.41) is 15.0. The van der Waals surface area contributed by atoms with Gasteiger partial charge in [-0.05, 0) is 28.5 Å². The molecular weight excluding hydrogens is 262 g/mol. The van der Waals surface area contributed by atoms with Crippen molar-refractivity contribution in [2.24, 2.45) is 0 Å². The van der Waals surface area contributed by atoms with Crippen molar-refractivity contribution >= 4 is 22.4 Å². The third kappa shape index (κ3) is 2.93. The van der Waals surface area contributed by atoms with Crippen molar-refractivity contribution in [1.29, 1.82) is 0 Å². The average Bonchev–Trinajstić information content (AvgIpc) is 2.55. The Morgan fingerprint density at radius 1 is 0.857 bits per heavy atom. The summed E-state index contributed by atoms with van der Waals surface area (Å²) in [6.45, 7) is 0. The van der Waals surface area contributed by atoms with E-state index in [0.717, 1.165) is 10.8 Å². The van der Waals surface area contributed by atoms with E-state index in [-0.39, 0.29) is 0 Å². The van der Waals surface area contributed by atoms with E-state index in [1.165, 1.54) is 0 Å². The van der Waals surface area contributed by atoms with Gasteiger partial charge in [-0.3, -0.25) is 4.79 Å². The van der Waals surface area contributed by atoms with Crippen LogP contribution in [0, 0.1) is 0 Å². The number of carbonyl (C=O) groups excluding carboxylic acids is 1. The molecule has 0 radical (unpaired) electrons. The van der Waals surface area contributed by atoms with Gasteiger partial charge in [-0.15, -0.1) is 0 Å². The number of anilines is 1. The van der Waals surface area contributed by atoms with Crippen molar-refractivity contribution in [1.82, 2.24) is 0 Å². The standard InChI is InChI=1S/C18H15NO2/c20-17(14-7-2-1-3-8-14)18(21)19-16-11-10-13-6-4-5-9-15(13)12-16/h1-12,17,20H,(H,19,21). The van der Waals surface area contributed by atoms with Crippen LogP contribution in [0.5, 0.6) is 0 Å². The van der Waals surface area contributed by atoms with Crippen LogP contribution in [0.3, 0.4) is 0 Å². The van der Waals surface area contributed by atoms with Crippen molar-refractivity contribution < 1.29 is 9.90 Å². The van der Waals surface area contributed by atoms with Crippen LogP contribution in [0.4, 0.5) is 5.69 Å². The lowest BCUT2D eigenvalue weighted by atomic mass is 10.1. The van der Waals surface area contributed by atoms with Gasteiger partial charge in [-0.2, -0.15) is 0 Å². The molecule has 0 saturated heterocycles. The number of aliphatic hydroxyl groups is 1. The number of aliphatic hydroxyl groups excluding tert-OH is 1. The summed E-state index contributed by atoms with van der Waals surface area (Å²) in [5.41, 5.74) is 1.25. The number of hydrogen-bond acceptors (Lipinski definition) is 2. The summed E-state index contributed by atoms with van der Waals surface area (Å²) in [6.07, 6.45) is -1.17. The minimum Gasteiger partial charge on any atom is -0.378 e. The molecule has 1 unspecified atom stereocenters. The third-order valence-corrected chi connectivity index (χ3v) is 3.38. The maximum atomic E-state index is 12.1. The van der Waals surface area contributed by atoms with Crippen LogP contribution in [0.25, 0.3) is 10.8 Å². The number of hydrogen-bond donors (Lipinski definition) is 2. The summed E-state index contributed by atoms with van der Waals surface area (Å²) in [7, 11) is 0. The Labute approximate surface area is 122 Å². The van der Waals surface area contributed by atoms with E-state index in [1.54, 1.807) is 24.3 Å². The van der Waals surface area contributed by atoms with Crippen LogP contribution in [-0.4, -0.2) is 11.0 Å². The molecule has 1 amide bonds. The zero-order chi connectivity index (χ0) is 14.7. The fourth-order valence-corrected chi connectivity index (χ4v) is 2.26. The van der Waals surface area contributed by atoms with Crippen LogP contribution in [-0.2, 0) is 4.79 Å². The molecule has 3 nitrogen and oxygen atoms in total. The second-order valence-corrected chi connectivity index (χ2v) is 4.86. The van der Waals surface area contributed by atoms with E-state index >= 15 is 0 Å². The Balaban J connectivity index is 1.80. The molecule has 0 aliphatic carbocycles. The van der Waals surface area contributed by atoms with E-state index in [1.807, 2.05) is 48.5 Å². The predicted molar refractivity (Wildman–Crippen MR) is 84.0 cm³/mol. The summed E-state index contributed by atoms with van der Waals surface area (Å²) >= 11 is 0. The fraction of sp³-hybridized carbons (Fsp3) is 0.0556. The summed E-state index contributed by atoms with van der Waals surface area (Å²) in [6, 6.07) is 22.5. The lowest BCUT2D eigenvalue weighted by Crippen LogP contribution is -2.20. The number of fused-ring (bicyclic) bond motifs is 1. The summed E-state index contributed by atoms with van der Waals surface area (Å²) < 4.78 is 0. The third-order valence-electron chi connectivity index (χ3n) is 3.38. The van der Waals surface area contributed by atoms with Gasteiger partial charge in [-0.25, -0.2) is 0 Å². The first-order chi connectivity index (χ1) is 10.2. The van der Waals surface area contributed by atoms with Gasteiger partial charge in [0.2, 0.25) is 0 Å². The van der Waals surface area contributed by atoms with Gasteiger partial charge in [0.25, 0.3) is 5.91 Å². The second-order valence-electron chi connectivity index (χ2n) is 4.86. The molecule has 3 rings (SSSR count). The van der Waals surface area contributed by atoms with Gasteiger partial charge in [0.05, 0.1) is 0 Å². The lowest BCUT2D eigenvalue weighted by molar-refractivity contribution is -0.124. The highest BCUT2D eigenvalue weighted by Gasteiger charge is 2.16. The monoisotopic (exact) mass is 277 g/mol. The average molecular weight is 277 g/mol. The van der Waals surface area contributed by atoms with Gasteiger partial charge in [0.1, 0.15) is 0 Å². The van der Waals surface area contributed by atoms with E-state index in [9.17, 15) is 9.90 Å². The first-order valence-corrected chi connectivity index (χ1v) is 6.77. The molecule has 3 aromatic rings. The molecule has 0 aromatic heterocycles. The largest absolute Gasteiger partial charge is 0.378 e. The van der Waals surface area contributed by atoms with Gasteiger partial charge in [0.15, 0.2) is 6.10 Å². The minimum atomic E-state index is -1.17. The quantitative estimate of drug-likeness (QED) is 0.769. The number of amides is 1. The molecule has 0 bridgehead atoms. The zero-order valence-electron chi connectivity index (χ0n) is 11.4. The number of carbonyl (C=O) groups is 1. The molecule has 104 valence electrons. The maximum absolute atomic E-state index is 12.1. The SMILES string of the molecule is O=C(Nc1ccc2ccccc2c1)C(O)c1ccccc1. The molecule has 0 heterocycles. The minimum absolute atomic E-state index is 0.434. The molecule has 3 aromatic carbocycles. The van der Waals surface area contributed by atoms with Crippen LogP contribution in [0.1, 0.15) is 11.7 Å². The topological polar surface area (TPSA) is 49.3 Å². The maximum Gasteiger partial charge on any atom is 0.257 e. The van der Waals surface area contributed by atoms with Gasteiger partial charge in [-0.1, -0.05) is 60.7 Å². The molecule has 1 atom stereocenters. The summed E-state index contributed by atoms with van der Waals surface area (Å²) in [4.78, 5) is 12.1. The Bertz CT molecular complexity index is 768. The highest BCUT2D eigenvalue weighted by atomic mass is 16.3. The Hall–Kier alpha value is -2.65. The van der Waals surface area contributed by atoms with Crippen LogP contribution in [0.2, 0.25) is 0 Å². The Kier molecular flexibility index (Phi) is 3.67. The highest BCUT2D eigenvalue weighted by molar-refractivity contribution is 5.97. The first kappa shape index (κ1) is 13.3. The number of rotatable bonds is 3. The summed E-state index contributed by atoms with van der Waals surface area (Å²) in [5.74, 6) is -0.434. The van der Waals surface area contributed by atoms with E-state index < -0.39 is 12.0 Å². The van der Waals surface area contributed by atoms with Crippen LogP contribution < -0.4 is 5.32 Å². The van der Waals surface area contributed by atoms with Crippen molar-refractivity contribution in [2.75, 3.05) is 5.32 Å². The normalized spacial score (nSPS) is 12.0. The van der Waals surface area contributed by atoms with E-state index in [2.05, 4.69) is 5.32 Å². The first-order valence-electron chi connectivity index (χ1n) is 6.77. The Morgan fingerprint density at radius 2 is 1.52 bits per heavy atom. The van der Waals surface area contributed by atoms with Crippen molar-refractivity contribution in [2.45, 2.75) is 6.10 Å². The van der Waals surface area contributed by atoms with Gasteiger partial charge < -0.3 is 10.4 Å². The Morgan fingerprint density at radius 3 is 2.29 bits per heavy atom. The smallest absolute Gasteiger partial charge is 0.257 e. The molecule has 2 N–H and O–H groups in total. The number of nitrogens with one attached hydrogen (secondary N) is 1. The van der Waals surface area contributed by atoms with Crippen LogP contribution in [0.15, 0.2) is 72.8 Å². The van der Waals surface area contributed by atoms with Crippen LogP contribution >= 0.6 is 0 Å². The van der Waals surface area contributed by atoms with Crippen molar-refractivity contribution in [3.63, 3.8) is 0 Å². The molecular formula is C18H15NO2. The zero-order valence-corrected chi connectivity index (χ0v) is 11.4. The molecule has 0 aliphatic heterocycles. The number of benzene rings is 3. The lowest BCUT2D eigenvalue weighted by Gasteiger charge is -2.12. The van der Waals surface area contributed by atoms with E-state index in [4.69, 9.17) is 0 Å². The highest BCUT2D eigenvalue weighted by Crippen LogP contribution is 2.20. The molecule has 0 saturated carbocycles. The predicted octanol–water partition coefficient (Wildman–Crippen LogP) is 3.51. The molecule has 0 spiro atoms.